The average Bonchev–Trinajstić information content (AvgIpc) is 3.08. The summed E-state index contributed by atoms with van der Waals surface area (Å²) < 4.78 is 4.85. The fourth-order valence-corrected chi connectivity index (χ4v) is 2.46. The number of amides is 2. The molecule has 5 nitrogen and oxygen atoms in total. The van der Waals surface area contributed by atoms with E-state index in [1.165, 1.54) is 12.5 Å². The molecule has 2 rings (SSSR count). The molecule has 0 saturated heterocycles. The first-order valence-corrected chi connectivity index (χ1v) is 8.20. The van der Waals surface area contributed by atoms with Crippen LogP contribution in [0.15, 0.2) is 47.3 Å². The smallest absolute Gasteiger partial charge is 0.254 e. The van der Waals surface area contributed by atoms with Crippen LogP contribution in [0.4, 0.5) is 0 Å². The van der Waals surface area contributed by atoms with Crippen LogP contribution in [0.2, 0.25) is 5.02 Å². The topological polar surface area (TPSA) is 71.3 Å². The van der Waals surface area contributed by atoms with Crippen LogP contribution >= 0.6 is 11.6 Å². The van der Waals surface area contributed by atoms with Gasteiger partial charge in [-0.3, -0.25) is 9.59 Å². The molecule has 0 aliphatic carbocycles. The molecule has 0 spiro atoms. The maximum Gasteiger partial charge on any atom is 0.254 e. The van der Waals surface area contributed by atoms with E-state index in [0.29, 0.717) is 10.6 Å². The summed E-state index contributed by atoms with van der Waals surface area (Å²) >= 11 is 5.91. The van der Waals surface area contributed by atoms with Crippen LogP contribution in [0.1, 0.15) is 42.2 Å². The third kappa shape index (κ3) is 5.13. The summed E-state index contributed by atoms with van der Waals surface area (Å²) in [7, 11) is 0. The Morgan fingerprint density at radius 2 is 1.88 bits per heavy atom. The molecule has 0 bridgehead atoms. The zero-order chi connectivity index (χ0) is 17.5. The van der Waals surface area contributed by atoms with E-state index in [-0.39, 0.29) is 36.7 Å². The van der Waals surface area contributed by atoms with Crippen molar-refractivity contribution in [2.75, 3.05) is 6.54 Å². The highest BCUT2D eigenvalue weighted by molar-refractivity contribution is 6.30. The van der Waals surface area contributed by atoms with Crippen LogP contribution in [0.25, 0.3) is 0 Å². The lowest BCUT2D eigenvalue weighted by molar-refractivity contribution is -0.122. The molecule has 1 aromatic carbocycles. The largest absolute Gasteiger partial charge is 0.472 e. The van der Waals surface area contributed by atoms with Gasteiger partial charge in [0.25, 0.3) is 5.91 Å². The number of carbonyl (C=O) groups excluding carboxylic acids is 2. The van der Waals surface area contributed by atoms with Crippen LogP contribution in [0.5, 0.6) is 0 Å². The molecule has 2 aromatic rings. The van der Waals surface area contributed by atoms with E-state index >= 15 is 0 Å². The van der Waals surface area contributed by atoms with Crippen molar-refractivity contribution < 1.29 is 14.0 Å². The van der Waals surface area contributed by atoms with E-state index in [1.807, 2.05) is 38.1 Å². The van der Waals surface area contributed by atoms with Gasteiger partial charge in [-0.15, -0.1) is 0 Å². The minimum Gasteiger partial charge on any atom is -0.472 e. The molecule has 1 aromatic heterocycles. The van der Waals surface area contributed by atoms with Gasteiger partial charge in [0.2, 0.25) is 5.91 Å². The first kappa shape index (κ1) is 18.1. The first-order chi connectivity index (χ1) is 11.5. The van der Waals surface area contributed by atoms with Crippen LogP contribution in [0, 0.1) is 5.92 Å². The number of hydrogen-bond donors (Lipinski definition) is 2. The Morgan fingerprint density at radius 1 is 1.17 bits per heavy atom. The molecule has 24 heavy (non-hydrogen) atoms. The van der Waals surface area contributed by atoms with Crippen molar-refractivity contribution in [2.24, 2.45) is 5.92 Å². The summed E-state index contributed by atoms with van der Waals surface area (Å²) in [4.78, 5) is 23.9. The molecule has 2 amide bonds. The van der Waals surface area contributed by atoms with Crippen LogP contribution in [-0.2, 0) is 4.79 Å². The Bertz CT molecular complexity index is 666. The first-order valence-electron chi connectivity index (χ1n) is 7.82. The second kappa shape index (κ2) is 8.55. The van der Waals surface area contributed by atoms with E-state index in [9.17, 15) is 9.59 Å². The highest BCUT2D eigenvalue weighted by Crippen LogP contribution is 2.23. The Balaban J connectivity index is 1.84. The Morgan fingerprint density at radius 3 is 2.46 bits per heavy atom. The molecule has 0 radical (unpaired) electrons. The standard InChI is InChI=1S/C18H21ClN2O3/c1-12(2)17(13-3-5-15(19)6-4-13)21-16(22)7-9-20-18(23)14-8-10-24-11-14/h3-6,8,10-12,17H,7,9H2,1-2H3,(H,20,23)(H,21,22). The molecular formula is C18H21ClN2O3. The van der Waals surface area contributed by atoms with Crippen molar-refractivity contribution >= 4 is 23.4 Å². The van der Waals surface area contributed by atoms with Crippen molar-refractivity contribution in [3.63, 3.8) is 0 Å². The van der Waals surface area contributed by atoms with Crippen LogP contribution in [0.3, 0.4) is 0 Å². The van der Waals surface area contributed by atoms with Gasteiger partial charge in [-0.1, -0.05) is 37.6 Å². The second-order valence-electron chi connectivity index (χ2n) is 5.86. The van der Waals surface area contributed by atoms with Gasteiger partial charge >= 0.3 is 0 Å². The number of furan rings is 1. The van der Waals surface area contributed by atoms with Gasteiger partial charge in [-0.05, 0) is 29.7 Å². The van der Waals surface area contributed by atoms with Gasteiger partial charge < -0.3 is 15.1 Å². The Hall–Kier alpha value is -2.27. The number of halogens is 1. The average molecular weight is 349 g/mol. The van der Waals surface area contributed by atoms with Crippen molar-refractivity contribution in [3.05, 3.63) is 59.0 Å². The van der Waals surface area contributed by atoms with Gasteiger partial charge in [-0.2, -0.15) is 0 Å². The van der Waals surface area contributed by atoms with Crippen molar-refractivity contribution in [2.45, 2.75) is 26.3 Å². The number of carbonyl (C=O) groups is 2. The maximum atomic E-state index is 12.2. The zero-order valence-electron chi connectivity index (χ0n) is 13.7. The molecule has 6 heteroatoms. The number of benzene rings is 1. The molecular weight excluding hydrogens is 328 g/mol. The van der Waals surface area contributed by atoms with Gasteiger partial charge in [0.1, 0.15) is 6.26 Å². The highest BCUT2D eigenvalue weighted by atomic mass is 35.5. The highest BCUT2D eigenvalue weighted by Gasteiger charge is 2.18. The summed E-state index contributed by atoms with van der Waals surface area (Å²) in [5, 5.41) is 6.36. The lowest BCUT2D eigenvalue weighted by Crippen LogP contribution is -2.34. The van der Waals surface area contributed by atoms with Crippen LogP contribution in [-0.4, -0.2) is 18.4 Å². The SMILES string of the molecule is CC(C)C(NC(=O)CCNC(=O)c1ccoc1)c1ccc(Cl)cc1. The summed E-state index contributed by atoms with van der Waals surface area (Å²) in [6, 6.07) is 8.92. The molecule has 1 heterocycles. The molecule has 0 aliphatic rings. The minimum atomic E-state index is -0.255. The van der Waals surface area contributed by atoms with Gasteiger partial charge in [-0.25, -0.2) is 0 Å². The Kier molecular flexibility index (Phi) is 6.44. The van der Waals surface area contributed by atoms with Crippen molar-refractivity contribution in [3.8, 4) is 0 Å². The molecule has 1 atom stereocenters. The summed E-state index contributed by atoms with van der Waals surface area (Å²) in [6.45, 7) is 4.35. The summed E-state index contributed by atoms with van der Waals surface area (Å²) in [5.74, 6) is -0.138. The van der Waals surface area contributed by atoms with Crippen molar-refractivity contribution in [1.82, 2.24) is 10.6 Å². The number of nitrogens with one attached hydrogen (secondary N) is 2. The predicted molar refractivity (Wildman–Crippen MR) is 92.8 cm³/mol. The quantitative estimate of drug-likeness (QED) is 0.803. The summed E-state index contributed by atoms with van der Waals surface area (Å²) in [6.07, 6.45) is 3.01. The number of rotatable bonds is 7. The second-order valence-corrected chi connectivity index (χ2v) is 6.30. The predicted octanol–water partition coefficient (Wildman–Crippen LogP) is 3.57. The van der Waals surface area contributed by atoms with Gasteiger partial charge in [0, 0.05) is 18.0 Å². The fourth-order valence-electron chi connectivity index (χ4n) is 2.34. The normalized spacial score (nSPS) is 12.0. The van der Waals surface area contributed by atoms with Crippen LogP contribution < -0.4 is 10.6 Å². The van der Waals surface area contributed by atoms with Gasteiger partial charge in [0.15, 0.2) is 0 Å². The Labute approximate surface area is 146 Å². The molecule has 0 aliphatic heterocycles. The molecule has 128 valence electrons. The monoisotopic (exact) mass is 348 g/mol. The number of hydrogen-bond acceptors (Lipinski definition) is 3. The maximum absolute atomic E-state index is 12.2. The minimum absolute atomic E-state index is 0.0978. The van der Waals surface area contributed by atoms with E-state index in [1.54, 1.807) is 6.07 Å². The molecule has 0 fully saturated rings. The van der Waals surface area contributed by atoms with E-state index in [0.717, 1.165) is 5.56 Å². The lowest BCUT2D eigenvalue weighted by atomic mass is 9.96. The van der Waals surface area contributed by atoms with Gasteiger partial charge in [0.05, 0.1) is 17.9 Å². The van der Waals surface area contributed by atoms with E-state index < -0.39 is 0 Å². The summed E-state index contributed by atoms with van der Waals surface area (Å²) in [5.41, 5.74) is 1.45. The molecule has 2 N–H and O–H groups in total. The third-order valence-corrected chi connectivity index (χ3v) is 3.89. The lowest BCUT2D eigenvalue weighted by Gasteiger charge is -2.23. The van der Waals surface area contributed by atoms with E-state index in [4.69, 9.17) is 16.0 Å². The fraction of sp³-hybridized carbons (Fsp3) is 0.333. The zero-order valence-corrected chi connectivity index (χ0v) is 14.5. The van der Waals surface area contributed by atoms with E-state index in [2.05, 4.69) is 10.6 Å². The molecule has 0 saturated carbocycles. The molecule has 1 unspecified atom stereocenters. The van der Waals surface area contributed by atoms with Crippen molar-refractivity contribution in [1.29, 1.82) is 0 Å². The third-order valence-electron chi connectivity index (χ3n) is 3.63.